The molecular formula is C8H22O2S2-2. The maximum atomic E-state index is 4.83. The van der Waals surface area contributed by atoms with E-state index in [0.717, 1.165) is 26.4 Å². The molecule has 0 fully saturated rings. The third kappa shape index (κ3) is 46.0. The smallest absolute Gasteiger partial charge is 0.0437 e. The van der Waals surface area contributed by atoms with E-state index < -0.39 is 0 Å². The molecule has 0 atom stereocenters. The summed E-state index contributed by atoms with van der Waals surface area (Å²) in [6.07, 6.45) is 0. The van der Waals surface area contributed by atoms with Gasteiger partial charge in [0.05, 0.1) is 0 Å². The molecule has 0 N–H and O–H groups in total. The summed E-state index contributed by atoms with van der Waals surface area (Å²) in [5.41, 5.74) is 0. The zero-order valence-electron chi connectivity index (χ0n) is 8.54. The lowest BCUT2D eigenvalue weighted by atomic mass is 10.8. The van der Waals surface area contributed by atoms with E-state index in [1.807, 2.05) is 27.7 Å². The fraction of sp³-hybridized carbons (Fsp3) is 1.00. The lowest BCUT2D eigenvalue weighted by molar-refractivity contribution is 0.162. The summed E-state index contributed by atoms with van der Waals surface area (Å²) in [7, 11) is 0. The van der Waals surface area contributed by atoms with Crippen LogP contribution in [0.3, 0.4) is 0 Å². The Morgan fingerprint density at radius 2 is 0.750 bits per heavy atom. The van der Waals surface area contributed by atoms with Crippen LogP contribution in [0, 0.1) is 0 Å². The van der Waals surface area contributed by atoms with Gasteiger partial charge in [-0.15, -0.1) is 0 Å². The Kier molecular flexibility index (Phi) is 57.1. The first-order valence-electron chi connectivity index (χ1n) is 3.98. The molecule has 0 heterocycles. The largest absolute Gasteiger partial charge is 0.813 e. The Balaban J connectivity index is -0.0000000457. The molecule has 4 heteroatoms. The van der Waals surface area contributed by atoms with E-state index >= 15 is 0 Å². The molecule has 0 aliphatic heterocycles. The maximum Gasteiger partial charge on any atom is 0.0437 e. The van der Waals surface area contributed by atoms with Crippen LogP contribution in [0.1, 0.15) is 27.7 Å². The van der Waals surface area contributed by atoms with Crippen molar-refractivity contribution < 1.29 is 9.47 Å². The Morgan fingerprint density at radius 1 is 0.583 bits per heavy atom. The second-order valence-electron chi connectivity index (χ2n) is 1.56. The lowest BCUT2D eigenvalue weighted by Gasteiger charge is -1.86. The van der Waals surface area contributed by atoms with E-state index in [2.05, 4.69) is 0 Å². The van der Waals surface area contributed by atoms with Crippen molar-refractivity contribution in [1.29, 1.82) is 0 Å². The van der Waals surface area contributed by atoms with Crippen LogP contribution in [0.25, 0.3) is 0 Å². The monoisotopic (exact) mass is 214 g/mol. The van der Waals surface area contributed by atoms with Gasteiger partial charge in [-0.2, -0.15) is 0 Å². The molecular weight excluding hydrogens is 192 g/mol. The van der Waals surface area contributed by atoms with Crippen molar-refractivity contribution in [3.05, 3.63) is 0 Å². The molecule has 2 nitrogen and oxygen atoms in total. The minimum absolute atomic E-state index is 0. The van der Waals surface area contributed by atoms with Gasteiger partial charge in [0.15, 0.2) is 0 Å². The molecule has 0 unspecified atom stereocenters. The molecule has 0 aliphatic rings. The van der Waals surface area contributed by atoms with Gasteiger partial charge in [-0.1, -0.05) is 0 Å². The summed E-state index contributed by atoms with van der Waals surface area (Å²) in [6, 6.07) is 0. The van der Waals surface area contributed by atoms with Gasteiger partial charge < -0.3 is 36.5 Å². The molecule has 0 bridgehead atoms. The Morgan fingerprint density at radius 3 is 0.750 bits per heavy atom. The van der Waals surface area contributed by atoms with E-state index in [0.29, 0.717) is 0 Å². The summed E-state index contributed by atoms with van der Waals surface area (Å²) in [5, 5.41) is 0. The van der Waals surface area contributed by atoms with Crippen molar-refractivity contribution in [2.24, 2.45) is 0 Å². The molecule has 0 amide bonds. The number of thiol groups is 2. The molecule has 0 aromatic heterocycles. The van der Waals surface area contributed by atoms with Crippen molar-refractivity contribution in [3.63, 3.8) is 0 Å². The Hall–Kier alpha value is 0.620. The van der Waals surface area contributed by atoms with Gasteiger partial charge >= 0.3 is 0 Å². The summed E-state index contributed by atoms with van der Waals surface area (Å²) in [6.45, 7) is 11.3. The zero-order chi connectivity index (χ0) is 8.24. The van der Waals surface area contributed by atoms with E-state index in [1.165, 1.54) is 0 Å². The topological polar surface area (TPSA) is 18.5 Å². The first-order chi connectivity index (χ1) is 4.83. The van der Waals surface area contributed by atoms with Gasteiger partial charge in [-0.25, -0.2) is 0 Å². The molecule has 0 rings (SSSR count). The lowest BCUT2D eigenvalue weighted by Crippen LogP contribution is -1.84. The predicted molar refractivity (Wildman–Crippen MR) is 61.9 cm³/mol. The molecule has 0 spiro atoms. The van der Waals surface area contributed by atoms with E-state index in [9.17, 15) is 0 Å². The predicted octanol–water partition coefficient (Wildman–Crippen LogP) is 1.55. The summed E-state index contributed by atoms with van der Waals surface area (Å²) >= 11 is 0. The normalized spacial score (nSPS) is 7.00. The number of ether oxygens (including phenoxy) is 2. The van der Waals surface area contributed by atoms with Crippen LogP contribution < -0.4 is 0 Å². The van der Waals surface area contributed by atoms with Gasteiger partial charge in [0.2, 0.25) is 0 Å². The van der Waals surface area contributed by atoms with Crippen LogP contribution >= 0.6 is 0 Å². The summed E-state index contributed by atoms with van der Waals surface area (Å²) in [5.74, 6) is 0. The highest BCUT2D eigenvalue weighted by Gasteiger charge is 1.64. The number of hydrogen-bond acceptors (Lipinski definition) is 4. The number of hydrogen-bond donors (Lipinski definition) is 0. The number of rotatable bonds is 4. The molecule has 0 aromatic rings. The Bertz CT molecular complexity index is 36.0. The maximum absolute atomic E-state index is 4.83. The van der Waals surface area contributed by atoms with E-state index in [-0.39, 0.29) is 27.0 Å². The van der Waals surface area contributed by atoms with Crippen molar-refractivity contribution in [3.8, 4) is 0 Å². The Labute approximate surface area is 90.9 Å². The molecule has 80 valence electrons. The SMILES string of the molecule is CCOCC.CCOCC.[SH-].[SH-]. The molecule has 0 aromatic carbocycles. The van der Waals surface area contributed by atoms with Gasteiger partial charge in [-0.05, 0) is 27.7 Å². The minimum atomic E-state index is 0. The second-order valence-corrected chi connectivity index (χ2v) is 1.56. The van der Waals surface area contributed by atoms with Crippen molar-refractivity contribution in [2.75, 3.05) is 26.4 Å². The first-order valence-corrected chi connectivity index (χ1v) is 3.98. The van der Waals surface area contributed by atoms with Gasteiger partial charge in [-0.3, -0.25) is 0 Å². The van der Waals surface area contributed by atoms with Gasteiger partial charge in [0, 0.05) is 26.4 Å². The fourth-order valence-corrected chi connectivity index (χ4v) is 0.408. The zero-order valence-corrected chi connectivity index (χ0v) is 10.3. The first kappa shape index (κ1) is 22.9. The van der Waals surface area contributed by atoms with Crippen LogP contribution in [-0.2, 0) is 36.5 Å². The highest BCUT2D eigenvalue weighted by Crippen LogP contribution is 1.64. The average molecular weight is 214 g/mol. The minimum Gasteiger partial charge on any atom is -0.813 e. The van der Waals surface area contributed by atoms with Crippen LogP contribution in [0.5, 0.6) is 0 Å². The average Bonchev–Trinajstić information content (AvgIpc) is 1.93. The molecule has 0 aliphatic carbocycles. The summed E-state index contributed by atoms with van der Waals surface area (Å²) in [4.78, 5) is 0. The molecule has 0 radical (unpaired) electrons. The van der Waals surface area contributed by atoms with Crippen LogP contribution in [-0.4, -0.2) is 26.4 Å². The molecule has 0 saturated carbocycles. The quantitative estimate of drug-likeness (QED) is 0.522. The van der Waals surface area contributed by atoms with Crippen molar-refractivity contribution in [1.82, 2.24) is 0 Å². The standard InChI is InChI=1S/2C4H10O.2H2S/c2*1-3-5-4-2;;/h2*3-4H2,1-2H3;2*1H2/p-2. The van der Waals surface area contributed by atoms with Gasteiger partial charge in [0.25, 0.3) is 0 Å². The molecule has 0 saturated heterocycles. The second kappa shape index (κ2) is 29.9. The van der Waals surface area contributed by atoms with Crippen LogP contribution in [0.15, 0.2) is 0 Å². The highest BCUT2D eigenvalue weighted by molar-refractivity contribution is 7.37. The van der Waals surface area contributed by atoms with E-state index in [1.54, 1.807) is 0 Å². The van der Waals surface area contributed by atoms with Crippen LogP contribution in [0.4, 0.5) is 0 Å². The molecule has 12 heavy (non-hydrogen) atoms. The highest BCUT2D eigenvalue weighted by atomic mass is 32.1. The van der Waals surface area contributed by atoms with Crippen molar-refractivity contribution in [2.45, 2.75) is 27.7 Å². The summed E-state index contributed by atoms with van der Waals surface area (Å²) < 4.78 is 9.67. The van der Waals surface area contributed by atoms with Crippen LogP contribution in [0.2, 0.25) is 0 Å². The van der Waals surface area contributed by atoms with Gasteiger partial charge in [0.1, 0.15) is 0 Å². The van der Waals surface area contributed by atoms with Crippen molar-refractivity contribution >= 4 is 27.0 Å². The third-order valence-corrected chi connectivity index (χ3v) is 0.816. The fourth-order valence-electron chi connectivity index (χ4n) is 0.408. The third-order valence-electron chi connectivity index (χ3n) is 0.816. The van der Waals surface area contributed by atoms with E-state index in [4.69, 9.17) is 9.47 Å².